The molecule has 1 aliphatic heterocycles. The van der Waals surface area contributed by atoms with Crippen molar-refractivity contribution >= 4 is 0 Å². The fraction of sp³-hybridized carbons (Fsp3) is 0.533. The van der Waals surface area contributed by atoms with Crippen molar-refractivity contribution in [3.05, 3.63) is 29.3 Å². The molecule has 0 radical (unpaired) electrons. The predicted octanol–water partition coefficient (Wildman–Crippen LogP) is 2.51. The molecule has 1 aliphatic carbocycles. The number of ether oxygens (including phenoxy) is 1. The summed E-state index contributed by atoms with van der Waals surface area (Å²) in [7, 11) is 0. The second kappa shape index (κ2) is 4.98. The summed E-state index contributed by atoms with van der Waals surface area (Å²) in [4.78, 5) is 9.06. The molecule has 5 nitrogen and oxygen atoms in total. The van der Waals surface area contributed by atoms with Crippen LogP contribution >= 0.6 is 0 Å². The highest BCUT2D eigenvalue weighted by atomic mass is 16.5. The van der Waals surface area contributed by atoms with Gasteiger partial charge in [0.05, 0.1) is 12.2 Å². The van der Waals surface area contributed by atoms with E-state index in [1.807, 2.05) is 6.20 Å². The average molecular weight is 271 g/mol. The van der Waals surface area contributed by atoms with Gasteiger partial charge in [0, 0.05) is 24.4 Å². The number of aromatic nitrogens is 3. The first-order chi connectivity index (χ1) is 9.90. The van der Waals surface area contributed by atoms with E-state index in [2.05, 4.69) is 21.2 Å². The van der Waals surface area contributed by atoms with Crippen LogP contribution in [0.5, 0.6) is 0 Å². The largest absolute Gasteiger partial charge is 0.381 e. The smallest absolute Gasteiger partial charge is 0.259 e. The number of hydrogen-bond acceptors (Lipinski definition) is 5. The lowest BCUT2D eigenvalue weighted by atomic mass is 9.95. The molecular weight excluding hydrogens is 254 g/mol. The highest BCUT2D eigenvalue weighted by Gasteiger charge is 2.24. The molecule has 0 amide bonds. The van der Waals surface area contributed by atoms with Gasteiger partial charge in [0.2, 0.25) is 0 Å². The Morgan fingerprint density at radius 1 is 1.20 bits per heavy atom. The van der Waals surface area contributed by atoms with Crippen molar-refractivity contribution in [2.24, 2.45) is 0 Å². The molecule has 20 heavy (non-hydrogen) atoms. The molecule has 2 aliphatic rings. The maximum Gasteiger partial charge on any atom is 0.259 e. The maximum atomic E-state index is 5.40. The van der Waals surface area contributed by atoms with E-state index in [1.165, 1.54) is 24.1 Å². The molecule has 0 bridgehead atoms. The number of rotatable bonds is 2. The van der Waals surface area contributed by atoms with Crippen molar-refractivity contribution in [3.8, 4) is 11.5 Å². The van der Waals surface area contributed by atoms with Gasteiger partial charge >= 0.3 is 0 Å². The summed E-state index contributed by atoms with van der Waals surface area (Å²) < 4.78 is 10.8. The lowest BCUT2D eigenvalue weighted by Gasteiger charge is -2.14. The second-order valence-electron chi connectivity index (χ2n) is 5.56. The predicted molar refractivity (Wildman–Crippen MR) is 72.3 cm³/mol. The van der Waals surface area contributed by atoms with Crippen LogP contribution in [0.1, 0.15) is 42.3 Å². The number of aryl methyl sites for hydroxylation is 2. The molecule has 0 spiro atoms. The van der Waals surface area contributed by atoms with E-state index in [0.717, 1.165) is 37.3 Å². The minimum atomic E-state index is 0.276. The van der Waals surface area contributed by atoms with Gasteiger partial charge in [-0.1, -0.05) is 5.16 Å². The van der Waals surface area contributed by atoms with Gasteiger partial charge in [0.1, 0.15) is 0 Å². The Kier molecular flexibility index (Phi) is 2.99. The van der Waals surface area contributed by atoms with Gasteiger partial charge in [0.25, 0.3) is 5.89 Å². The molecule has 0 N–H and O–H groups in total. The molecular formula is C15H17N3O2. The van der Waals surface area contributed by atoms with E-state index in [4.69, 9.17) is 9.26 Å². The summed E-state index contributed by atoms with van der Waals surface area (Å²) in [5, 5.41) is 4.09. The second-order valence-corrected chi connectivity index (χ2v) is 5.56. The van der Waals surface area contributed by atoms with Crippen LogP contribution in [-0.2, 0) is 17.6 Å². The Hall–Kier alpha value is -1.75. The summed E-state index contributed by atoms with van der Waals surface area (Å²) in [5.41, 5.74) is 3.49. The molecule has 0 saturated carbocycles. The van der Waals surface area contributed by atoms with Crippen molar-refractivity contribution in [2.75, 3.05) is 13.2 Å². The van der Waals surface area contributed by atoms with Crippen molar-refractivity contribution in [2.45, 2.75) is 38.0 Å². The van der Waals surface area contributed by atoms with E-state index < -0.39 is 0 Å². The van der Waals surface area contributed by atoms with E-state index in [1.54, 1.807) is 0 Å². The van der Waals surface area contributed by atoms with Gasteiger partial charge < -0.3 is 9.26 Å². The number of nitrogens with zero attached hydrogens (tertiary/aromatic N) is 3. The maximum absolute atomic E-state index is 5.40. The number of hydrogen-bond donors (Lipinski definition) is 0. The van der Waals surface area contributed by atoms with Gasteiger partial charge in [-0.05, 0) is 43.7 Å². The summed E-state index contributed by atoms with van der Waals surface area (Å²) >= 11 is 0. The first-order valence-corrected chi connectivity index (χ1v) is 7.29. The topological polar surface area (TPSA) is 61.0 Å². The van der Waals surface area contributed by atoms with Crippen molar-refractivity contribution < 1.29 is 9.26 Å². The van der Waals surface area contributed by atoms with Gasteiger partial charge in [-0.15, -0.1) is 0 Å². The monoisotopic (exact) mass is 271 g/mol. The normalized spacial score (nSPS) is 21.9. The standard InChI is InChI=1S/C15H17N3O2/c1-2-4-13-10(3-1)7-12(8-16-13)15-17-14(18-20-15)11-5-6-19-9-11/h7-8,11H,1-6,9H2/t11-/m0/s1. The molecule has 104 valence electrons. The van der Waals surface area contributed by atoms with Crippen LogP contribution in [0.15, 0.2) is 16.8 Å². The van der Waals surface area contributed by atoms with E-state index in [0.29, 0.717) is 12.5 Å². The molecule has 0 aromatic carbocycles. The van der Waals surface area contributed by atoms with Gasteiger partial charge in [0.15, 0.2) is 5.82 Å². The average Bonchev–Trinajstić information content (AvgIpc) is 3.17. The van der Waals surface area contributed by atoms with Gasteiger partial charge in [-0.2, -0.15) is 4.98 Å². The Labute approximate surface area is 117 Å². The summed E-state index contributed by atoms with van der Waals surface area (Å²) in [5.74, 6) is 1.61. The lowest BCUT2D eigenvalue weighted by molar-refractivity contribution is 0.192. The van der Waals surface area contributed by atoms with Crippen LogP contribution in [-0.4, -0.2) is 28.3 Å². The number of fused-ring (bicyclic) bond motifs is 1. The minimum Gasteiger partial charge on any atom is -0.381 e. The molecule has 0 unspecified atom stereocenters. The van der Waals surface area contributed by atoms with Crippen molar-refractivity contribution in [3.63, 3.8) is 0 Å². The summed E-state index contributed by atoms with van der Waals surface area (Å²) in [6.07, 6.45) is 7.50. The molecule has 3 heterocycles. The fourth-order valence-electron chi connectivity index (χ4n) is 2.96. The van der Waals surface area contributed by atoms with Crippen molar-refractivity contribution in [1.29, 1.82) is 0 Å². The molecule has 2 aromatic rings. The molecule has 1 atom stereocenters. The summed E-state index contributed by atoms with van der Waals surface area (Å²) in [6, 6.07) is 2.16. The van der Waals surface area contributed by atoms with E-state index in [9.17, 15) is 0 Å². The van der Waals surface area contributed by atoms with E-state index >= 15 is 0 Å². The van der Waals surface area contributed by atoms with Gasteiger partial charge in [-0.3, -0.25) is 4.98 Å². The molecule has 1 fully saturated rings. The zero-order valence-electron chi connectivity index (χ0n) is 11.3. The van der Waals surface area contributed by atoms with E-state index in [-0.39, 0.29) is 5.92 Å². The quantitative estimate of drug-likeness (QED) is 0.840. The Balaban J connectivity index is 1.63. The van der Waals surface area contributed by atoms with Crippen molar-refractivity contribution in [1.82, 2.24) is 15.1 Å². The molecule has 2 aromatic heterocycles. The van der Waals surface area contributed by atoms with Crippen LogP contribution in [0.3, 0.4) is 0 Å². The van der Waals surface area contributed by atoms with Crippen LogP contribution < -0.4 is 0 Å². The third-order valence-electron chi connectivity index (χ3n) is 4.15. The Morgan fingerprint density at radius 3 is 3.05 bits per heavy atom. The minimum absolute atomic E-state index is 0.276. The van der Waals surface area contributed by atoms with Gasteiger partial charge in [-0.25, -0.2) is 0 Å². The highest BCUT2D eigenvalue weighted by molar-refractivity contribution is 5.53. The highest BCUT2D eigenvalue weighted by Crippen LogP contribution is 2.27. The van der Waals surface area contributed by atoms with Crippen LogP contribution in [0.4, 0.5) is 0 Å². The third-order valence-corrected chi connectivity index (χ3v) is 4.15. The third kappa shape index (κ3) is 2.12. The first-order valence-electron chi connectivity index (χ1n) is 7.29. The summed E-state index contributed by atoms with van der Waals surface area (Å²) in [6.45, 7) is 1.48. The zero-order chi connectivity index (χ0) is 13.4. The van der Waals surface area contributed by atoms with Crippen LogP contribution in [0, 0.1) is 0 Å². The molecule has 1 saturated heterocycles. The van der Waals surface area contributed by atoms with Crippen LogP contribution in [0.2, 0.25) is 0 Å². The SMILES string of the molecule is c1nc2c(cc1-c1nc([C@H]3CCOC3)no1)CCCC2. The molecule has 5 heteroatoms. The lowest BCUT2D eigenvalue weighted by Crippen LogP contribution is -2.05. The number of pyridine rings is 1. The van der Waals surface area contributed by atoms with Crippen LogP contribution in [0.25, 0.3) is 11.5 Å². The Bertz CT molecular complexity index is 617. The molecule has 4 rings (SSSR count). The Morgan fingerprint density at radius 2 is 2.15 bits per heavy atom. The fourth-order valence-corrected chi connectivity index (χ4v) is 2.96. The first kappa shape index (κ1) is 12.0. The zero-order valence-corrected chi connectivity index (χ0v) is 11.3.